The van der Waals surface area contributed by atoms with E-state index in [1.165, 1.54) is 0 Å². The number of ether oxygens (including phenoxy) is 13. The second kappa shape index (κ2) is 149. The van der Waals surface area contributed by atoms with Gasteiger partial charge < -0.3 is 84.5 Å². The minimum atomic E-state index is -0.816. The van der Waals surface area contributed by atoms with Crippen LogP contribution in [0, 0.1) is 0 Å². The molecule has 0 saturated carbocycles. The Bertz CT molecular complexity index is 1080. The van der Waals surface area contributed by atoms with Crippen molar-refractivity contribution in [1.82, 2.24) is 21.9 Å². The molecule has 12 N–H and O–H groups in total. The van der Waals surface area contributed by atoms with Crippen LogP contribution in [0.4, 0.5) is 0 Å². The molecule has 0 bridgehead atoms. The van der Waals surface area contributed by atoms with Crippen molar-refractivity contribution < 1.29 is 101 Å². The molecule has 0 aromatic heterocycles. The summed E-state index contributed by atoms with van der Waals surface area (Å²) in [6.07, 6.45) is 2.14. The van der Waals surface area contributed by atoms with Crippen molar-refractivity contribution in [3.05, 3.63) is 52.6 Å². The number of nitrogens with one attached hydrogen (secondary N) is 4. The molecule has 0 unspecified atom stereocenters. The summed E-state index contributed by atoms with van der Waals surface area (Å²) in [4.78, 5) is 42.5. The van der Waals surface area contributed by atoms with Crippen LogP contribution in [-0.2, 0) is 101 Å². The van der Waals surface area contributed by atoms with Crippen molar-refractivity contribution >= 4 is 0 Å². The highest BCUT2D eigenvalue weighted by Gasteiger charge is 2.26. The van der Waals surface area contributed by atoms with Gasteiger partial charge in [-0.3, -0.25) is 0 Å². The number of hydrogen-bond acceptors (Lipinski definition) is 29. The molecule has 0 amide bonds. The van der Waals surface area contributed by atoms with Crippen LogP contribution >= 0.6 is 0 Å². The molecule has 0 aromatic rings. The second-order valence-corrected chi connectivity index (χ2v) is 17.6. The van der Waals surface area contributed by atoms with Crippen molar-refractivity contribution in [2.75, 3.05) is 211 Å². The van der Waals surface area contributed by atoms with Crippen LogP contribution in [0.3, 0.4) is 0 Å². The summed E-state index contributed by atoms with van der Waals surface area (Å²) in [5, 5.41) is 0. The van der Waals surface area contributed by atoms with Gasteiger partial charge in [0.15, 0.2) is 0 Å². The van der Waals surface area contributed by atoms with Gasteiger partial charge in [-0.05, 0) is 77.5 Å². The van der Waals surface area contributed by atoms with E-state index in [1.807, 2.05) is 27.7 Å². The lowest BCUT2D eigenvalue weighted by Gasteiger charge is -2.30. The third-order valence-electron chi connectivity index (χ3n) is 10.0. The van der Waals surface area contributed by atoms with Crippen molar-refractivity contribution in [2.24, 2.45) is 22.9 Å². The first-order valence-electron chi connectivity index (χ1n) is 30.6. The zero-order valence-corrected chi connectivity index (χ0v) is 54.3. The Hall–Kier alpha value is -2.20. The van der Waals surface area contributed by atoms with Crippen molar-refractivity contribution in [2.45, 2.75) is 235 Å². The van der Waals surface area contributed by atoms with Gasteiger partial charge in [-0.15, -0.1) is 72.6 Å². The topological polar surface area (TPSA) is 346 Å². The molecule has 0 saturated heterocycles. The second-order valence-electron chi connectivity index (χ2n) is 17.6. The first-order valence-corrected chi connectivity index (χ1v) is 30.6. The largest absolute Gasteiger partial charge is 0.379 e. The summed E-state index contributed by atoms with van der Waals surface area (Å²) in [5.74, 6) is 0. The van der Waals surface area contributed by atoms with E-state index >= 15 is 0 Å². The van der Waals surface area contributed by atoms with Gasteiger partial charge in [0.25, 0.3) is 0 Å². The van der Waals surface area contributed by atoms with E-state index in [1.54, 1.807) is 0 Å². The Kier molecular flexibility index (Phi) is 228. The van der Waals surface area contributed by atoms with Crippen LogP contribution in [-0.4, -0.2) is 248 Å². The van der Waals surface area contributed by atoms with E-state index in [0.29, 0.717) is 132 Å². The predicted molar refractivity (Wildman–Crippen MR) is 443 cm³/mol. The zero-order chi connectivity index (χ0) is 65.4. The molecule has 29 heteroatoms. The Balaban J connectivity index is -0.000000142. The maximum absolute atomic E-state index is 6.88. The summed E-state index contributed by atoms with van der Waals surface area (Å²) in [7, 11) is 0. The maximum Gasteiger partial charge on any atom is 0.113 e. The third kappa shape index (κ3) is 130. The van der Waals surface area contributed by atoms with Gasteiger partial charge in [0.2, 0.25) is 0 Å². The highest BCUT2D eigenvalue weighted by molar-refractivity contribution is 4.70. The lowest BCUT2D eigenvalue weighted by molar-refractivity contribution is -0.373. The van der Waals surface area contributed by atoms with Crippen molar-refractivity contribution in [1.29, 1.82) is 0 Å². The van der Waals surface area contributed by atoms with Crippen LogP contribution in [0.2, 0.25) is 0 Å². The van der Waals surface area contributed by atoms with E-state index < -0.39 is 36.6 Å². The van der Waals surface area contributed by atoms with Crippen LogP contribution < -0.4 is 44.9 Å². The van der Waals surface area contributed by atoms with Crippen LogP contribution in [0.15, 0.2) is 52.6 Å². The smallest absolute Gasteiger partial charge is 0.113 e. The fourth-order valence-electron chi connectivity index (χ4n) is 5.74. The Morgan fingerprint density at radius 3 is 0.583 bits per heavy atom. The minimum absolute atomic E-state index is 0. The van der Waals surface area contributed by atoms with Gasteiger partial charge in [-0.1, -0.05) is 147 Å². The summed E-state index contributed by atoms with van der Waals surface area (Å²) >= 11 is 0. The average Bonchev–Trinajstić information content (AvgIpc) is 0.911. The molecule has 0 heterocycles. The maximum atomic E-state index is 6.88. The summed E-state index contributed by atoms with van der Waals surface area (Å²) in [6.45, 7) is 41.8. The number of rotatable bonds is 70. The van der Waals surface area contributed by atoms with E-state index in [2.05, 4.69) is 74.6 Å². The predicted octanol–water partition coefficient (Wildman–Crippen LogP) is 13.6. The molecule has 0 radical (unpaired) electrons. The lowest BCUT2D eigenvalue weighted by atomic mass is 10.3. The normalized spacial score (nSPS) is 9.53. The molecule has 29 nitrogen and oxygen atoms in total. The molecule has 0 aliphatic rings. The summed E-state index contributed by atoms with van der Waals surface area (Å²) < 4.78 is 79.6. The molecule has 0 aliphatic heterocycles. The SMILES string of the molecule is C.C.C.C.C.C.C.C.C.C.C.C.C.C.C.C.C=C.C=C.C=C.C=C.CCCNOOCC(COONCCC)OCC(COC(COONCCC)COONCCC)OC(COC(COCCOCCCN)COCCOCCCN)COC(COCCOCCCN)COCCOCCCN. The first kappa shape index (κ1) is 158. The zero-order valence-electron chi connectivity index (χ0n) is 54.3. The highest BCUT2D eigenvalue weighted by Crippen LogP contribution is 2.12. The Morgan fingerprint density at radius 2 is 0.408 bits per heavy atom. The number of hydrogen-bond donors (Lipinski definition) is 8. The summed E-state index contributed by atoms with van der Waals surface area (Å²) in [5.41, 5.74) is 33.5. The molecule has 0 atom stereocenters. The van der Waals surface area contributed by atoms with Gasteiger partial charge >= 0.3 is 0 Å². The molecule has 0 spiro atoms. The lowest BCUT2D eigenvalue weighted by Crippen LogP contribution is -2.42. The van der Waals surface area contributed by atoms with Gasteiger partial charge in [0.1, 0.15) is 63.1 Å². The summed E-state index contributed by atoms with van der Waals surface area (Å²) in [6, 6.07) is 0. The molecule has 652 valence electrons. The minimum Gasteiger partial charge on any atom is -0.379 e. The van der Waals surface area contributed by atoms with Gasteiger partial charge in [-0.2, -0.15) is 21.9 Å². The molecule has 0 aromatic carbocycles. The van der Waals surface area contributed by atoms with Gasteiger partial charge in [0.05, 0.1) is 106 Å². The molecular formula is C74H190N8O21. The van der Waals surface area contributed by atoms with E-state index in [-0.39, 0.29) is 198 Å². The fraction of sp³-hybridized carbons (Fsp3) is 0.892. The Labute approximate surface area is 641 Å². The van der Waals surface area contributed by atoms with Crippen molar-refractivity contribution in [3.8, 4) is 0 Å². The monoisotopic (exact) mass is 1530 g/mol. The Morgan fingerprint density at radius 1 is 0.233 bits per heavy atom. The van der Waals surface area contributed by atoms with Crippen LogP contribution in [0.1, 0.15) is 198 Å². The van der Waals surface area contributed by atoms with Crippen molar-refractivity contribution in [3.63, 3.8) is 0 Å². The van der Waals surface area contributed by atoms with Gasteiger partial charge in [0, 0.05) is 52.6 Å². The van der Waals surface area contributed by atoms with Crippen LogP contribution in [0.5, 0.6) is 0 Å². The van der Waals surface area contributed by atoms with E-state index in [0.717, 1.165) is 51.4 Å². The van der Waals surface area contributed by atoms with E-state index in [4.69, 9.17) is 124 Å². The molecule has 0 rings (SSSR count). The third-order valence-corrected chi connectivity index (χ3v) is 10.0. The number of nitrogens with two attached hydrogens (primary N) is 4. The average molecular weight is 1530 g/mol. The highest BCUT2D eigenvalue weighted by atomic mass is 17.3. The van der Waals surface area contributed by atoms with Crippen LogP contribution in [0.25, 0.3) is 0 Å². The first-order chi connectivity index (χ1) is 43.0. The van der Waals surface area contributed by atoms with E-state index in [9.17, 15) is 0 Å². The quantitative estimate of drug-likeness (QED) is 0.0121. The molecular weight excluding hydrogens is 1340 g/mol. The number of hydroxylamine groups is 4. The molecule has 103 heavy (non-hydrogen) atoms. The molecule has 0 aliphatic carbocycles. The van der Waals surface area contributed by atoms with Gasteiger partial charge in [-0.25, -0.2) is 19.6 Å². The molecule has 0 fully saturated rings. The standard InChI is InChI=1S/C50H110N8O21.4C2H4.16CH4/c1-5-17-55-76-71-41-47(42-72-77-56-18-6-2)69-39-50(40-70-48(43-73-78-57-19-7-3)44-74-79-58-20-8-4)75-49(37-67-45(33-63-29-25-59-21-9-13-51)34-64-30-26-60-22-10-14-52)38-68-46(35-65-31-27-61-23-11-15-53)36-66-32-28-62-24-12-16-54;4*1-2;;;;;;;;;;;;;;;;/h45-50,55-58H,5-44,51-54H2,1-4H3;4*1-2H2;16*1H4. The fourth-order valence-corrected chi connectivity index (χ4v) is 5.74.